The van der Waals surface area contributed by atoms with Crippen molar-refractivity contribution in [2.75, 3.05) is 19.8 Å². The molecule has 1 atom stereocenters. The number of hydrogen-bond donors (Lipinski definition) is 3. The molecule has 3 aromatic carbocycles. The van der Waals surface area contributed by atoms with E-state index in [4.69, 9.17) is 66.0 Å². The third-order valence-corrected chi connectivity index (χ3v) is 7.56. The van der Waals surface area contributed by atoms with Gasteiger partial charge in [-0.25, -0.2) is 10.2 Å². The number of carbonyl (C=O) groups is 2. The molecule has 1 aliphatic heterocycles. The number of carbonyl (C=O) groups excluding carboxylic acids is 2. The third kappa shape index (κ3) is 9.03. The number of thiocarbonyl (C=S) groups is 1. The molecule has 3 aromatic rings. The normalized spacial score (nSPS) is 14.4. The van der Waals surface area contributed by atoms with E-state index >= 15 is 0 Å². The number of hydrogen-bond acceptors (Lipinski definition) is 8. The van der Waals surface area contributed by atoms with Crippen LogP contribution in [0.5, 0.6) is 17.2 Å². The minimum absolute atomic E-state index is 0.142. The lowest BCUT2D eigenvalue weighted by Gasteiger charge is -2.30. The first-order chi connectivity index (χ1) is 22.1. The van der Waals surface area contributed by atoms with Crippen molar-refractivity contribution in [1.29, 1.82) is 0 Å². The lowest BCUT2D eigenvalue weighted by molar-refractivity contribution is -0.139. The van der Waals surface area contributed by atoms with E-state index in [2.05, 4.69) is 21.2 Å². The molecular formula is C32H31Cl3N4O6S. The van der Waals surface area contributed by atoms with Crippen molar-refractivity contribution < 1.29 is 28.5 Å². The van der Waals surface area contributed by atoms with Crippen molar-refractivity contribution in [2.24, 2.45) is 5.10 Å². The van der Waals surface area contributed by atoms with E-state index in [0.29, 0.717) is 61.4 Å². The van der Waals surface area contributed by atoms with Crippen LogP contribution in [-0.4, -0.2) is 43.0 Å². The average Bonchev–Trinajstić information content (AvgIpc) is 3.00. The zero-order valence-corrected chi connectivity index (χ0v) is 28.2. The highest BCUT2D eigenvalue weighted by Crippen LogP contribution is 2.38. The average molecular weight is 706 g/mol. The van der Waals surface area contributed by atoms with Crippen LogP contribution in [0.2, 0.25) is 15.1 Å². The van der Waals surface area contributed by atoms with Crippen LogP contribution in [-0.2, 0) is 20.9 Å². The van der Waals surface area contributed by atoms with Gasteiger partial charge in [-0.3, -0.25) is 4.79 Å². The number of nitrogens with zero attached hydrogens (tertiary/aromatic N) is 1. The van der Waals surface area contributed by atoms with Gasteiger partial charge in [0.15, 0.2) is 23.2 Å². The Hall–Kier alpha value is -4.03. The van der Waals surface area contributed by atoms with E-state index in [0.717, 1.165) is 5.56 Å². The van der Waals surface area contributed by atoms with Gasteiger partial charge >= 0.3 is 5.97 Å². The quantitative estimate of drug-likeness (QED) is 0.0792. The minimum Gasteiger partial charge on any atom is -0.490 e. The summed E-state index contributed by atoms with van der Waals surface area (Å²) < 4.78 is 22.8. The number of ether oxygens (including phenoxy) is 4. The fourth-order valence-electron chi connectivity index (χ4n) is 4.47. The number of benzene rings is 3. The fourth-order valence-corrected chi connectivity index (χ4v) is 5.47. The molecule has 4 rings (SSSR count). The van der Waals surface area contributed by atoms with Gasteiger partial charge in [-0.2, -0.15) is 5.10 Å². The van der Waals surface area contributed by atoms with E-state index in [1.807, 2.05) is 6.92 Å². The Kier molecular flexibility index (Phi) is 12.5. The standard InChI is InChI=1S/C32H31Cl3N4O6S/c1-4-42-26-13-19(12-24(35)30(26)45-16-20-10-11-21(33)14-23(20)34)15-36-39-27(40)17-44-25-9-7-6-8-22(25)29-28(31(41)43-5-2)18(3)37-32(46)38-29/h6-15,29H,4-5,16-17H2,1-3H3,(H,39,40)(H2,37,38,46)/t29-/m1/s1. The van der Waals surface area contributed by atoms with Crippen molar-refractivity contribution in [1.82, 2.24) is 16.1 Å². The number of para-hydroxylation sites is 1. The van der Waals surface area contributed by atoms with Gasteiger partial charge in [0.25, 0.3) is 5.91 Å². The lowest BCUT2D eigenvalue weighted by atomic mass is 9.95. The molecule has 3 N–H and O–H groups in total. The first kappa shape index (κ1) is 34.8. The molecule has 1 heterocycles. The number of halogens is 3. The summed E-state index contributed by atoms with van der Waals surface area (Å²) in [6.45, 7) is 5.66. The van der Waals surface area contributed by atoms with E-state index in [1.165, 1.54) is 6.21 Å². The summed E-state index contributed by atoms with van der Waals surface area (Å²) in [5.74, 6) is 0.0934. The molecule has 0 aliphatic carbocycles. The van der Waals surface area contributed by atoms with Crippen LogP contribution in [0.1, 0.15) is 43.5 Å². The predicted molar refractivity (Wildman–Crippen MR) is 182 cm³/mol. The van der Waals surface area contributed by atoms with E-state index in [9.17, 15) is 9.59 Å². The monoisotopic (exact) mass is 704 g/mol. The van der Waals surface area contributed by atoms with Gasteiger partial charge in [-0.1, -0.05) is 59.1 Å². The van der Waals surface area contributed by atoms with Gasteiger partial charge < -0.3 is 29.6 Å². The molecule has 0 saturated heterocycles. The molecule has 0 aromatic heterocycles. The predicted octanol–water partition coefficient (Wildman–Crippen LogP) is 6.51. The van der Waals surface area contributed by atoms with Gasteiger partial charge in [0, 0.05) is 26.9 Å². The summed E-state index contributed by atoms with van der Waals surface area (Å²) in [5.41, 5.74) is 5.24. The highest BCUT2D eigenvalue weighted by molar-refractivity contribution is 7.80. The molecule has 1 amide bonds. The molecule has 0 unspecified atom stereocenters. The van der Waals surface area contributed by atoms with Gasteiger partial charge in [-0.15, -0.1) is 0 Å². The van der Waals surface area contributed by atoms with Crippen LogP contribution in [0, 0.1) is 0 Å². The van der Waals surface area contributed by atoms with E-state index < -0.39 is 17.9 Å². The molecular weight excluding hydrogens is 675 g/mol. The number of rotatable bonds is 13. The Morgan fingerprint density at radius 3 is 2.50 bits per heavy atom. The number of nitrogens with one attached hydrogen (secondary N) is 3. The fraction of sp³-hybridized carbons (Fsp3) is 0.250. The summed E-state index contributed by atoms with van der Waals surface area (Å²) in [6, 6.07) is 14.8. The third-order valence-electron chi connectivity index (χ3n) is 6.47. The van der Waals surface area contributed by atoms with Gasteiger partial charge in [-0.05, 0) is 68.9 Å². The first-order valence-corrected chi connectivity index (χ1v) is 15.7. The summed E-state index contributed by atoms with van der Waals surface area (Å²) in [4.78, 5) is 25.4. The molecule has 10 nitrogen and oxygen atoms in total. The Morgan fingerprint density at radius 1 is 0.978 bits per heavy atom. The number of hydrazone groups is 1. The van der Waals surface area contributed by atoms with E-state index in [-0.39, 0.29) is 24.8 Å². The molecule has 0 saturated carbocycles. The van der Waals surface area contributed by atoms with Crippen molar-refractivity contribution in [3.05, 3.63) is 97.6 Å². The second kappa shape index (κ2) is 16.5. The maximum absolute atomic E-state index is 12.8. The summed E-state index contributed by atoms with van der Waals surface area (Å²) in [5, 5.41) is 11.7. The van der Waals surface area contributed by atoms with Gasteiger partial charge in [0.2, 0.25) is 0 Å². The second-order valence-electron chi connectivity index (χ2n) is 9.70. The van der Waals surface area contributed by atoms with Crippen LogP contribution < -0.4 is 30.3 Å². The van der Waals surface area contributed by atoms with Gasteiger partial charge in [0.05, 0.1) is 36.1 Å². The molecule has 1 aliphatic rings. The molecule has 0 bridgehead atoms. The molecule has 0 spiro atoms. The molecule has 0 fully saturated rings. The first-order valence-electron chi connectivity index (χ1n) is 14.1. The Balaban J connectivity index is 1.41. The molecule has 0 radical (unpaired) electrons. The lowest BCUT2D eigenvalue weighted by Crippen LogP contribution is -2.45. The Morgan fingerprint density at radius 2 is 1.76 bits per heavy atom. The van der Waals surface area contributed by atoms with Crippen LogP contribution in [0.3, 0.4) is 0 Å². The smallest absolute Gasteiger partial charge is 0.338 e. The summed E-state index contributed by atoms with van der Waals surface area (Å²) in [7, 11) is 0. The highest BCUT2D eigenvalue weighted by atomic mass is 35.5. The summed E-state index contributed by atoms with van der Waals surface area (Å²) >= 11 is 24.1. The van der Waals surface area contributed by atoms with E-state index in [1.54, 1.807) is 68.4 Å². The van der Waals surface area contributed by atoms with Crippen LogP contribution in [0.25, 0.3) is 0 Å². The minimum atomic E-state index is -0.649. The Bertz CT molecular complexity index is 1680. The SMILES string of the molecule is CCOC(=O)C1=C(C)NC(=S)N[C@@H]1c1ccccc1OCC(=O)NN=Cc1cc(Cl)c(OCc2ccc(Cl)cc2Cl)c(OCC)c1. The number of amides is 1. The van der Waals surface area contributed by atoms with Gasteiger partial charge in [0.1, 0.15) is 12.4 Å². The van der Waals surface area contributed by atoms with Crippen molar-refractivity contribution >= 4 is 70.2 Å². The maximum atomic E-state index is 12.8. The molecule has 46 heavy (non-hydrogen) atoms. The van der Waals surface area contributed by atoms with Crippen molar-refractivity contribution in [3.8, 4) is 17.2 Å². The highest BCUT2D eigenvalue weighted by Gasteiger charge is 2.32. The van der Waals surface area contributed by atoms with Crippen molar-refractivity contribution in [2.45, 2.75) is 33.4 Å². The number of esters is 1. The Labute approximate surface area is 287 Å². The second-order valence-corrected chi connectivity index (χ2v) is 11.4. The molecule has 242 valence electrons. The maximum Gasteiger partial charge on any atom is 0.338 e. The van der Waals surface area contributed by atoms with Crippen molar-refractivity contribution in [3.63, 3.8) is 0 Å². The summed E-state index contributed by atoms with van der Waals surface area (Å²) in [6.07, 6.45) is 1.42. The largest absolute Gasteiger partial charge is 0.490 e. The number of allylic oxidation sites excluding steroid dienone is 1. The van der Waals surface area contributed by atoms with Crippen LogP contribution in [0.4, 0.5) is 0 Å². The van der Waals surface area contributed by atoms with Crippen LogP contribution in [0.15, 0.2) is 71.0 Å². The topological polar surface area (TPSA) is 120 Å². The zero-order valence-electron chi connectivity index (χ0n) is 25.1. The molecule has 14 heteroatoms. The van der Waals surface area contributed by atoms with Crippen LogP contribution >= 0.6 is 47.0 Å². The zero-order chi connectivity index (χ0) is 33.2.